The molecule has 2 aliphatic heterocycles. The summed E-state index contributed by atoms with van der Waals surface area (Å²) in [6.45, 7) is -0.0146. The third-order valence-corrected chi connectivity index (χ3v) is 12.2. The lowest BCUT2D eigenvalue weighted by Gasteiger charge is -2.38. The smallest absolute Gasteiger partial charge is 0.260 e. The molecule has 238 valence electrons. The Morgan fingerprint density at radius 2 is 0.765 bits per heavy atom. The van der Waals surface area contributed by atoms with Crippen molar-refractivity contribution < 1.29 is 9.47 Å². The molecular weight excluding hydrogens is 623 g/mol. The highest BCUT2D eigenvalue weighted by atomic mass is 16.5. The Hall–Kier alpha value is -6.20. The maximum Gasteiger partial charge on any atom is 0.260 e. The summed E-state index contributed by atoms with van der Waals surface area (Å²) in [6, 6.07) is 46.9. The Kier molecular flexibility index (Phi) is 4.87. The Balaban J connectivity index is 1.23. The number of ether oxygens (including phenoxy) is 2. The first-order chi connectivity index (χ1) is 25.3. The first kappa shape index (κ1) is 26.6. The monoisotopic (exact) mass is 652 g/mol. The van der Waals surface area contributed by atoms with E-state index in [1.807, 2.05) is 0 Å². The number of fused-ring (bicyclic) bond motifs is 12. The van der Waals surface area contributed by atoms with Gasteiger partial charge in [0.05, 0.1) is 33.4 Å². The van der Waals surface area contributed by atoms with Crippen molar-refractivity contribution in [3.8, 4) is 34.4 Å². The van der Waals surface area contributed by atoms with Crippen LogP contribution in [-0.4, -0.2) is 15.8 Å². The first-order valence-corrected chi connectivity index (χ1v) is 18.1. The number of rotatable bonds is 2. The van der Waals surface area contributed by atoms with Crippen LogP contribution in [0, 0.1) is 0 Å². The van der Waals surface area contributed by atoms with Gasteiger partial charge in [-0.05, 0) is 101 Å². The molecule has 7 aromatic carbocycles. The molecule has 0 unspecified atom stereocenters. The van der Waals surface area contributed by atoms with Gasteiger partial charge < -0.3 is 18.6 Å². The minimum Gasteiger partial charge on any atom is -0.456 e. The second kappa shape index (κ2) is 9.32. The average Bonchev–Trinajstić information content (AvgIpc) is 3.66. The third kappa shape index (κ3) is 3.32. The molecule has 0 N–H and O–H groups in total. The molecule has 0 atom stereocenters. The second-order valence-electron chi connectivity index (χ2n) is 14.7. The van der Waals surface area contributed by atoms with E-state index in [2.05, 4.69) is 137 Å². The summed E-state index contributed by atoms with van der Waals surface area (Å²) in [5.41, 5.74) is 16.0. The van der Waals surface area contributed by atoms with Crippen LogP contribution in [0.15, 0.2) is 127 Å². The molecule has 51 heavy (non-hydrogen) atoms. The molecule has 2 aliphatic carbocycles. The molecule has 0 saturated carbocycles. The highest BCUT2D eigenvalue weighted by Crippen LogP contribution is 2.47. The number of hydrogen-bond acceptors (Lipinski definition) is 2. The molecular formula is C46H29BN2O2. The van der Waals surface area contributed by atoms with E-state index in [1.54, 1.807) is 0 Å². The minimum absolute atomic E-state index is 0.0146. The normalized spacial score (nSPS) is 14.6. The molecule has 0 amide bonds. The van der Waals surface area contributed by atoms with E-state index in [9.17, 15) is 0 Å². The number of nitrogens with zero attached hydrogens (tertiary/aromatic N) is 2. The van der Waals surface area contributed by atoms with E-state index in [0.29, 0.717) is 0 Å². The van der Waals surface area contributed by atoms with Crippen LogP contribution >= 0.6 is 0 Å². The van der Waals surface area contributed by atoms with Crippen molar-refractivity contribution in [2.45, 2.75) is 25.7 Å². The van der Waals surface area contributed by atoms with Crippen molar-refractivity contribution in [2.24, 2.45) is 0 Å². The number of aryl methyl sites for hydroxylation is 4. The standard InChI is InChI=1S/C46H29BN2O2/c1-5-13-36-30(9-1)31-10-2-6-14-37(31)48(36)40-25-41(49-38-15-7-3-11-32(38)33-12-4-8-16-39(33)49)46-44-45(40)50-42-23-28-19-17-26(28)21-34(42)47(44)35-22-27-18-20-29(27)24-43(35)51-46/h1-16,21-25H,17-20H2. The molecule has 5 heteroatoms. The summed E-state index contributed by atoms with van der Waals surface area (Å²) in [4.78, 5) is 0. The molecule has 0 radical (unpaired) electrons. The Morgan fingerprint density at radius 3 is 1.14 bits per heavy atom. The van der Waals surface area contributed by atoms with Gasteiger partial charge in [0, 0.05) is 27.0 Å². The zero-order chi connectivity index (χ0) is 32.9. The molecule has 4 nitrogen and oxygen atoms in total. The van der Waals surface area contributed by atoms with Crippen LogP contribution in [0.4, 0.5) is 0 Å². The highest BCUT2D eigenvalue weighted by Gasteiger charge is 2.45. The van der Waals surface area contributed by atoms with Crippen molar-refractivity contribution in [3.63, 3.8) is 0 Å². The highest BCUT2D eigenvalue weighted by molar-refractivity contribution is 6.98. The van der Waals surface area contributed by atoms with E-state index >= 15 is 0 Å². The van der Waals surface area contributed by atoms with Crippen LogP contribution in [-0.2, 0) is 25.7 Å². The van der Waals surface area contributed by atoms with Gasteiger partial charge in [-0.2, -0.15) is 0 Å². The molecule has 13 rings (SSSR count). The zero-order valence-corrected chi connectivity index (χ0v) is 27.7. The molecule has 0 bridgehead atoms. The second-order valence-corrected chi connectivity index (χ2v) is 14.7. The van der Waals surface area contributed by atoms with Crippen molar-refractivity contribution >= 4 is 66.7 Å². The fourth-order valence-corrected chi connectivity index (χ4v) is 9.63. The largest absolute Gasteiger partial charge is 0.456 e. The van der Waals surface area contributed by atoms with E-state index in [0.717, 1.165) is 87.6 Å². The van der Waals surface area contributed by atoms with E-state index < -0.39 is 0 Å². The lowest BCUT2D eigenvalue weighted by Crippen LogP contribution is -2.58. The molecule has 4 heterocycles. The van der Waals surface area contributed by atoms with Gasteiger partial charge >= 0.3 is 0 Å². The third-order valence-electron chi connectivity index (χ3n) is 12.2. The van der Waals surface area contributed by atoms with E-state index in [-0.39, 0.29) is 6.71 Å². The van der Waals surface area contributed by atoms with Gasteiger partial charge in [0.2, 0.25) is 0 Å². The number of para-hydroxylation sites is 4. The average molecular weight is 653 g/mol. The maximum atomic E-state index is 7.27. The van der Waals surface area contributed by atoms with Gasteiger partial charge in [-0.3, -0.25) is 0 Å². The molecule has 2 aromatic heterocycles. The van der Waals surface area contributed by atoms with Gasteiger partial charge in [-0.1, -0.05) is 84.9 Å². The van der Waals surface area contributed by atoms with Crippen LogP contribution < -0.4 is 25.9 Å². The van der Waals surface area contributed by atoms with E-state index in [1.165, 1.54) is 54.7 Å². The molecule has 0 saturated heterocycles. The number of aromatic nitrogens is 2. The van der Waals surface area contributed by atoms with Gasteiger partial charge in [-0.25, -0.2) is 0 Å². The number of hydrogen-bond donors (Lipinski definition) is 0. The van der Waals surface area contributed by atoms with Crippen molar-refractivity contribution in [3.05, 3.63) is 150 Å². The fourth-order valence-electron chi connectivity index (χ4n) is 9.63. The lowest BCUT2D eigenvalue weighted by atomic mass is 9.34. The van der Waals surface area contributed by atoms with Crippen LogP contribution in [0.1, 0.15) is 22.3 Å². The Labute approximate surface area is 294 Å². The van der Waals surface area contributed by atoms with Gasteiger partial charge in [-0.15, -0.1) is 0 Å². The van der Waals surface area contributed by atoms with Crippen LogP contribution in [0.3, 0.4) is 0 Å². The summed E-state index contributed by atoms with van der Waals surface area (Å²) in [7, 11) is 0. The SMILES string of the molecule is c1ccc2c(c1)c1ccccc1n2-c1cc(-n2c3ccccc3c3ccccc32)c2c3c1Oc1cc4c(cc1B3c1cc3c(cc1O2)CC3)CC4. The summed E-state index contributed by atoms with van der Waals surface area (Å²) in [5.74, 6) is 3.70. The number of benzene rings is 7. The van der Waals surface area contributed by atoms with Crippen LogP contribution in [0.5, 0.6) is 23.0 Å². The predicted molar refractivity (Wildman–Crippen MR) is 208 cm³/mol. The quantitative estimate of drug-likeness (QED) is 0.175. The Bertz CT molecular complexity index is 2750. The lowest BCUT2D eigenvalue weighted by molar-refractivity contribution is 0.460. The van der Waals surface area contributed by atoms with Crippen molar-refractivity contribution in [1.82, 2.24) is 9.13 Å². The zero-order valence-electron chi connectivity index (χ0n) is 27.7. The van der Waals surface area contributed by atoms with Crippen molar-refractivity contribution in [1.29, 1.82) is 0 Å². The summed E-state index contributed by atoms with van der Waals surface area (Å²) in [5, 5.41) is 4.91. The molecule has 9 aromatic rings. The topological polar surface area (TPSA) is 28.3 Å². The predicted octanol–water partition coefficient (Wildman–Crippen LogP) is 8.81. The van der Waals surface area contributed by atoms with Crippen LogP contribution in [0.2, 0.25) is 0 Å². The summed E-state index contributed by atoms with van der Waals surface area (Å²) < 4.78 is 19.4. The first-order valence-electron chi connectivity index (χ1n) is 18.1. The fraction of sp³-hybridized carbons (Fsp3) is 0.0870. The molecule has 0 fully saturated rings. The maximum absolute atomic E-state index is 7.27. The van der Waals surface area contributed by atoms with Crippen molar-refractivity contribution in [2.75, 3.05) is 0 Å². The van der Waals surface area contributed by atoms with Gasteiger partial charge in [0.15, 0.2) is 11.5 Å². The van der Waals surface area contributed by atoms with Gasteiger partial charge in [0.1, 0.15) is 11.5 Å². The summed E-state index contributed by atoms with van der Waals surface area (Å²) in [6.07, 6.45) is 4.45. The van der Waals surface area contributed by atoms with Gasteiger partial charge in [0.25, 0.3) is 6.71 Å². The Morgan fingerprint density at radius 1 is 0.412 bits per heavy atom. The van der Waals surface area contributed by atoms with Crippen LogP contribution in [0.25, 0.3) is 55.0 Å². The molecule has 4 aliphatic rings. The summed E-state index contributed by atoms with van der Waals surface area (Å²) >= 11 is 0. The van der Waals surface area contributed by atoms with E-state index in [4.69, 9.17) is 9.47 Å². The minimum atomic E-state index is -0.0146. The molecule has 0 spiro atoms.